The first-order chi connectivity index (χ1) is 14.1. The average molecular weight is 384 g/mol. The number of hydrogen-bond donors (Lipinski definition) is 1. The van der Waals surface area contributed by atoms with Crippen LogP contribution in [0.15, 0.2) is 96.6 Å². The SMILES string of the molecule is COc1ccccc1C1=C(C=Cc2ccccc2)C(=O)OC1(O)c1ccccc1. The number of hydrogen-bond acceptors (Lipinski definition) is 4. The molecule has 1 unspecified atom stereocenters. The van der Waals surface area contributed by atoms with E-state index in [1.807, 2.05) is 54.6 Å². The van der Waals surface area contributed by atoms with Crippen LogP contribution in [-0.4, -0.2) is 18.2 Å². The maximum Gasteiger partial charge on any atom is 0.341 e. The van der Waals surface area contributed by atoms with Gasteiger partial charge in [0.2, 0.25) is 0 Å². The van der Waals surface area contributed by atoms with Crippen LogP contribution < -0.4 is 4.74 Å². The van der Waals surface area contributed by atoms with Crippen molar-refractivity contribution < 1.29 is 19.4 Å². The molecule has 0 radical (unpaired) electrons. The first kappa shape index (κ1) is 18.7. The second-order valence-electron chi connectivity index (χ2n) is 6.63. The van der Waals surface area contributed by atoms with Gasteiger partial charge in [0.25, 0.3) is 5.79 Å². The van der Waals surface area contributed by atoms with E-state index in [4.69, 9.17) is 9.47 Å². The molecule has 0 bridgehead atoms. The fourth-order valence-electron chi connectivity index (χ4n) is 3.47. The van der Waals surface area contributed by atoms with E-state index < -0.39 is 11.8 Å². The molecule has 1 aliphatic rings. The minimum Gasteiger partial charge on any atom is -0.496 e. The summed E-state index contributed by atoms with van der Waals surface area (Å²) in [5.41, 5.74) is 2.64. The molecule has 0 fully saturated rings. The fourth-order valence-corrected chi connectivity index (χ4v) is 3.47. The summed E-state index contributed by atoms with van der Waals surface area (Å²) in [6.45, 7) is 0. The Hall–Kier alpha value is -3.63. The number of methoxy groups -OCH3 is 1. The summed E-state index contributed by atoms with van der Waals surface area (Å²) >= 11 is 0. The smallest absolute Gasteiger partial charge is 0.341 e. The summed E-state index contributed by atoms with van der Waals surface area (Å²) in [6.07, 6.45) is 3.50. The lowest BCUT2D eigenvalue weighted by molar-refractivity contribution is -0.179. The van der Waals surface area contributed by atoms with Crippen molar-refractivity contribution in [1.29, 1.82) is 0 Å². The van der Waals surface area contributed by atoms with E-state index in [1.165, 1.54) is 0 Å². The second kappa shape index (κ2) is 7.78. The average Bonchev–Trinajstić information content (AvgIpc) is 3.04. The van der Waals surface area contributed by atoms with Crippen LogP contribution in [0.3, 0.4) is 0 Å². The fraction of sp³-hybridized carbons (Fsp3) is 0.0800. The Balaban J connectivity index is 1.94. The third-order valence-corrected chi connectivity index (χ3v) is 4.85. The molecule has 1 N–H and O–H groups in total. The Labute approximate surface area is 169 Å². The van der Waals surface area contributed by atoms with Crippen molar-refractivity contribution in [3.8, 4) is 5.75 Å². The molecular formula is C25H20O4. The molecule has 4 rings (SSSR count). The molecule has 4 heteroatoms. The molecule has 0 spiro atoms. The maximum atomic E-state index is 12.8. The molecule has 1 heterocycles. The van der Waals surface area contributed by atoms with Crippen LogP contribution in [-0.2, 0) is 15.3 Å². The van der Waals surface area contributed by atoms with E-state index in [0.717, 1.165) is 5.56 Å². The number of aliphatic hydroxyl groups is 1. The molecule has 4 nitrogen and oxygen atoms in total. The summed E-state index contributed by atoms with van der Waals surface area (Å²) in [5, 5.41) is 11.5. The summed E-state index contributed by atoms with van der Waals surface area (Å²) in [5.74, 6) is -1.96. The van der Waals surface area contributed by atoms with Crippen molar-refractivity contribution >= 4 is 17.6 Å². The van der Waals surface area contributed by atoms with E-state index in [0.29, 0.717) is 22.4 Å². The van der Waals surface area contributed by atoms with E-state index in [9.17, 15) is 9.90 Å². The lowest BCUT2D eigenvalue weighted by atomic mass is 9.89. The van der Waals surface area contributed by atoms with Gasteiger partial charge < -0.3 is 14.6 Å². The zero-order valence-electron chi connectivity index (χ0n) is 15.9. The Morgan fingerprint density at radius 1 is 0.862 bits per heavy atom. The normalized spacial score (nSPS) is 18.9. The number of ether oxygens (including phenoxy) is 2. The van der Waals surface area contributed by atoms with Crippen molar-refractivity contribution in [1.82, 2.24) is 0 Å². The first-order valence-corrected chi connectivity index (χ1v) is 9.26. The first-order valence-electron chi connectivity index (χ1n) is 9.26. The molecule has 3 aromatic rings. The Kier molecular flexibility index (Phi) is 5.02. The van der Waals surface area contributed by atoms with Gasteiger partial charge >= 0.3 is 5.97 Å². The predicted molar refractivity (Wildman–Crippen MR) is 112 cm³/mol. The van der Waals surface area contributed by atoms with Crippen LogP contribution in [0, 0.1) is 0 Å². The molecule has 0 aliphatic carbocycles. The number of para-hydroxylation sites is 1. The van der Waals surface area contributed by atoms with Crippen LogP contribution in [0.4, 0.5) is 0 Å². The minimum atomic E-state index is -1.91. The molecule has 3 aromatic carbocycles. The van der Waals surface area contributed by atoms with E-state index in [1.54, 1.807) is 49.6 Å². The van der Waals surface area contributed by atoms with Crippen molar-refractivity contribution in [2.24, 2.45) is 0 Å². The van der Waals surface area contributed by atoms with Gasteiger partial charge in [-0.05, 0) is 17.7 Å². The van der Waals surface area contributed by atoms with Crippen molar-refractivity contribution in [3.63, 3.8) is 0 Å². The van der Waals surface area contributed by atoms with Crippen molar-refractivity contribution in [3.05, 3.63) is 113 Å². The van der Waals surface area contributed by atoms with Crippen LogP contribution >= 0.6 is 0 Å². The highest BCUT2D eigenvalue weighted by atomic mass is 16.7. The number of rotatable bonds is 5. The Bertz CT molecular complexity index is 1080. The second-order valence-corrected chi connectivity index (χ2v) is 6.63. The monoisotopic (exact) mass is 384 g/mol. The highest BCUT2D eigenvalue weighted by Crippen LogP contribution is 2.47. The topological polar surface area (TPSA) is 55.8 Å². The number of carbonyl (C=O) groups excluding carboxylic acids is 1. The van der Waals surface area contributed by atoms with Crippen molar-refractivity contribution in [2.75, 3.05) is 7.11 Å². The van der Waals surface area contributed by atoms with Gasteiger partial charge in [0.1, 0.15) is 5.75 Å². The van der Waals surface area contributed by atoms with E-state index in [2.05, 4.69) is 0 Å². The third kappa shape index (κ3) is 3.46. The number of benzene rings is 3. The largest absolute Gasteiger partial charge is 0.496 e. The number of esters is 1. The Morgan fingerprint density at radius 3 is 2.17 bits per heavy atom. The lowest BCUT2D eigenvalue weighted by Gasteiger charge is -2.26. The zero-order valence-corrected chi connectivity index (χ0v) is 15.9. The van der Waals surface area contributed by atoms with Gasteiger partial charge in [-0.1, -0.05) is 84.9 Å². The molecule has 144 valence electrons. The lowest BCUT2D eigenvalue weighted by Crippen LogP contribution is -2.28. The maximum absolute atomic E-state index is 12.8. The quantitative estimate of drug-likeness (QED) is 0.655. The van der Waals surface area contributed by atoms with Gasteiger partial charge in [-0.15, -0.1) is 0 Å². The summed E-state index contributed by atoms with van der Waals surface area (Å²) < 4.78 is 11.0. The van der Waals surface area contributed by atoms with Gasteiger partial charge in [-0.3, -0.25) is 0 Å². The third-order valence-electron chi connectivity index (χ3n) is 4.85. The standard InChI is InChI=1S/C25H20O4/c1-28-22-15-9-8-14-20(22)23-21(17-16-18-10-4-2-5-11-18)24(26)29-25(23,27)19-12-6-3-7-13-19/h2-17,27H,1H3. The van der Waals surface area contributed by atoms with Crippen LogP contribution in [0.5, 0.6) is 5.75 Å². The van der Waals surface area contributed by atoms with Crippen LogP contribution in [0.1, 0.15) is 16.7 Å². The molecule has 1 atom stereocenters. The van der Waals surface area contributed by atoms with Gasteiger partial charge in [0.05, 0.1) is 18.3 Å². The molecule has 0 saturated carbocycles. The van der Waals surface area contributed by atoms with Gasteiger partial charge in [0.15, 0.2) is 0 Å². The van der Waals surface area contributed by atoms with Gasteiger partial charge in [-0.2, -0.15) is 0 Å². The van der Waals surface area contributed by atoms with E-state index in [-0.39, 0.29) is 5.57 Å². The molecule has 0 aromatic heterocycles. The van der Waals surface area contributed by atoms with Gasteiger partial charge in [-0.25, -0.2) is 4.79 Å². The highest BCUT2D eigenvalue weighted by molar-refractivity contribution is 6.07. The summed E-state index contributed by atoms with van der Waals surface area (Å²) in [6, 6.07) is 25.8. The van der Waals surface area contributed by atoms with Gasteiger partial charge in [0, 0.05) is 11.1 Å². The predicted octanol–water partition coefficient (Wildman–Crippen LogP) is 4.56. The zero-order chi connectivity index (χ0) is 20.3. The molecule has 29 heavy (non-hydrogen) atoms. The highest BCUT2D eigenvalue weighted by Gasteiger charge is 2.48. The number of cyclic esters (lactones) is 1. The molecular weight excluding hydrogens is 364 g/mol. The van der Waals surface area contributed by atoms with Crippen LogP contribution in [0.25, 0.3) is 11.6 Å². The van der Waals surface area contributed by atoms with Crippen LogP contribution in [0.2, 0.25) is 0 Å². The van der Waals surface area contributed by atoms with E-state index >= 15 is 0 Å². The molecule has 0 saturated heterocycles. The minimum absolute atomic E-state index is 0.282. The summed E-state index contributed by atoms with van der Waals surface area (Å²) in [7, 11) is 1.55. The number of carbonyl (C=O) groups is 1. The summed E-state index contributed by atoms with van der Waals surface area (Å²) in [4.78, 5) is 12.8. The van der Waals surface area contributed by atoms with Crippen molar-refractivity contribution in [2.45, 2.75) is 5.79 Å². The Morgan fingerprint density at radius 2 is 1.48 bits per heavy atom. The molecule has 0 amide bonds. The molecule has 1 aliphatic heterocycles.